The smallest absolute Gasteiger partial charge is 0.229 e. The van der Waals surface area contributed by atoms with Gasteiger partial charge in [0.25, 0.3) is 0 Å². The summed E-state index contributed by atoms with van der Waals surface area (Å²) in [5.74, 6) is 0.0394. The van der Waals surface area contributed by atoms with E-state index in [1.165, 1.54) is 5.56 Å². The Labute approximate surface area is 191 Å². The van der Waals surface area contributed by atoms with Gasteiger partial charge in [-0.2, -0.15) is 10.1 Å². The van der Waals surface area contributed by atoms with Gasteiger partial charge in [-0.25, -0.2) is 4.68 Å². The number of fused-ring (bicyclic) bond motifs is 1. The summed E-state index contributed by atoms with van der Waals surface area (Å²) in [6.07, 6.45) is 1.87. The van der Waals surface area contributed by atoms with Crippen LogP contribution in [0.5, 0.6) is 0 Å². The molecule has 4 aromatic rings. The lowest BCUT2D eigenvalue weighted by molar-refractivity contribution is -0.120. The molecule has 0 bridgehead atoms. The average molecular weight is 446 g/mol. The van der Waals surface area contributed by atoms with Crippen LogP contribution in [0.1, 0.15) is 29.7 Å². The highest BCUT2D eigenvalue weighted by molar-refractivity contribution is 7.22. The normalized spacial score (nSPS) is 16.5. The highest BCUT2D eigenvalue weighted by Gasteiger charge is 2.28. The van der Waals surface area contributed by atoms with Gasteiger partial charge in [-0.05, 0) is 57.4 Å². The minimum atomic E-state index is -0.0526. The summed E-state index contributed by atoms with van der Waals surface area (Å²) < 4.78 is 3.02. The molecule has 1 N–H and O–H groups in total. The Morgan fingerprint density at radius 3 is 2.72 bits per heavy atom. The molecule has 6 nitrogen and oxygen atoms in total. The average Bonchev–Trinajstić information content (AvgIpc) is 3.37. The van der Waals surface area contributed by atoms with Crippen molar-refractivity contribution < 1.29 is 4.79 Å². The number of nitrogens with zero attached hydrogens (tertiary/aromatic N) is 4. The molecule has 5 rings (SSSR count). The van der Waals surface area contributed by atoms with Crippen LogP contribution in [0.4, 0.5) is 10.8 Å². The van der Waals surface area contributed by atoms with E-state index >= 15 is 0 Å². The molecule has 0 aliphatic carbocycles. The Balaban J connectivity index is 1.37. The fraction of sp³-hybridized carbons (Fsp3) is 0.320. The van der Waals surface area contributed by atoms with Gasteiger partial charge in [-0.1, -0.05) is 47.2 Å². The van der Waals surface area contributed by atoms with E-state index in [0.717, 1.165) is 57.5 Å². The molecule has 32 heavy (non-hydrogen) atoms. The number of hydrogen-bond acceptors (Lipinski definition) is 5. The number of rotatable bonds is 4. The van der Waals surface area contributed by atoms with Gasteiger partial charge < -0.3 is 10.2 Å². The molecule has 0 radical (unpaired) electrons. The van der Waals surface area contributed by atoms with Crippen LogP contribution in [-0.4, -0.2) is 33.8 Å². The van der Waals surface area contributed by atoms with Gasteiger partial charge in [-0.15, -0.1) is 0 Å². The van der Waals surface area contributed by atoms with Crippen molar-refractivity contribution in [1.29, 1.82) is 0 Å². The molecule has 7 heteroatoms. The number of amides is 1. The van der Waals surface area contributed by atoms with Crippen molar-refractivity contribution in [2.24, 2.45) is 5.92 Å². The SMILES string of the molecule is Cc1ccc(NC(=O)[C@H]2CCCN(c3nc4c(s3)c(C)nn4-c3ccccc3)C2)c(C)c1. The van der Waals surface area contributed by atoms with Crippen molar-refractivity contribution in [3.8, 4) is 5.69 Å². The fourth-order valence-corrected chi connectivity index (χ4v) is 5.38. The summed E-state index contributed by atoms with van der Waals surface area (Å²) >= 11 is 1.67. The van der Waals surface area contributed by atoms with E-state index in [4.69, 9.17) is 10.1 Å². The first-order valence-electron chi connectivity index (χ1n) is 11.0. The van der Waals surface area contributed by atoms with Crippen LogP contribution in [0.2, 0.25) is 0 Å². The molecule has 1 aliphatic rings. The zero-order valence-electron chi connectivity index (χ0n) is 18.6. The first kappa shape index (κ1) is 20.7. The molecular formula is C25H27N5OS. The maximum atomic E-state index is 13.0. The van der Waals surface area contributed by atoms with Crippen molar-refractivity contribution in [2.75, 3.05) is 23.3 Å². The molecule has 0 unspecified atom stereocenters. The van der Waals surface area contributed by atoms with Crippen LogP contribution in [0, 0.1) is 26.7 Å². The second-order valence-corrected chi connectivity index (χ2v) is 9.55. The van der Waals surface area contributed by atoms with Crippen molar-refractivity contribution in [3.05, 3.63) is 65.4 Å². The largest absolute Gasteiger partial charge is 0.347 e. The Morgan fingerprint density at radius 1 is 1.12 bits per heavy atom. The number of aromatic nitrogens is 3. The summed E-state index contributed by atoms with van der Waals surface area (Å²) in [4.78, 5) is 20.2. The number of benzene rings is 2. The summed E-state index contributed by atoms with van der Waals surface area (Å²) in [6, 6.07) is 16.2. The lowest BCUT2D eigenvalue weighted by atomic mass is 9.97. The molecule has 0 spiro atoms. The van der Waals surface area contributed by atoms with Crippen LogP contribution in [0.25, 0.3) is 16.0 Å². The number of anilines is 2. The number of para-hydroxylation sites is 1. The second kappa shape index (κ2) is 8.39. The predicted molar refractivity (Wildman–Crippen MR) is 131 cm³/mol. The van der Waals surface area contributed by atoms with E-state index < -0.39 is 0 Å². The molecule has 2 aromatic carbocycles. The lowest BCUT2D eigenvalue weighted by Crippen LogP contribution is -2.40. The van der Waals surface area contributed by atoms with Gasteiger partial charge in [0.05, 0.1) is 22.0 Å². The maximum absolute atomic E-state index is 13.0. The number of carbonyl (C=O) groups is 1. The first-order chi connectivity index (χ1) is 15.5. The molecule has 164 valence electrons. The van der Waals surface area contributed by atoms with Crippen LogP contribution >= 0.6 is 11.3 Å². The standard InChI is InChI=1S/C25H27N5OS/c1-16-11-12-21(17(2)14-16)26-24(31)19-8-7-13-29(15-19)25-27-23-22(32-25)18(3)28-30(23)20-9-5-4-6-10-20/h4-6,9-12,14,19H,7-8,13,15H2,1-3H3,(H,26,31)/t19-/m0/s1. The van der Waals surface area contributed by atoms with E-state index in [0.29, 0.717) is 6.54 Å². The fourth-order valence-electron chi connectivity index (χ4n) is 4.36. The Kier molecular flexibility index (Phi) is 5.43. The van der Waals surface area contributed by atoms with Crippen LogP contribution in [0.15, 0.2) is 48.5 Å². The predicted octanol–water partition coefficient (Wildman–Crippen LogP) is 5.26. The summed E-state index contributed by atoms with van der Waals surface area (Å²) in [7, 11) is 0. The van der Waals surface area contributed by atoms with Crippen molar-refractivity contribution in [1.82, 2.24) is 14.8 Å². The molecule has 1 fully saturated rings. The molecule has 1 aliphatic heterocycles. The van der Waals surface area contributed by atoms with Crippen LogP contribution < -0.4 is 10.2 Å². The monoisotopic (exact) mass is 445 g/mol. The third kappa shape index (κ3) is 3.88. The Hall–Kier alpha value is -3.19. The third-order valence-electron chi connectivity index (χ3n) is 6.08. The Bertz CT molecular complexity index is 1280. The van der Waals surface area contributed by atoms with Crippen molar-refractivity contribution in [2.45, 2.75) is 33.6 Å². The molecular weight excluding hydrogens is 418 g/mol. The van der Waals surface area contributed by atoms with Gasteiger partial charge in [0.2, 0.25) is 5.91 Å². The number of aryl methyl sites for hydroxylation is 3. The number of thiazole rings is 1. The Morgan fingerprint density at radius 2 is 1.94 bits per heavy atom. The number of carbonyl (C=O) groups excluding carboxylic acids is 1. The number of hydrogen-bond donors (Lipinski definition) is 1. The third-order valence-corrected chi connectivity index (χ3v) is 7.29. The van der Waals surface area contributed by atoms with Crippen LogP contribution in [-0.2, 0) is 4.79 Å². The van der Waals surface area contributed by atoms with Gasteiger partial charge in [0, 0.05) is 18.8 Å². The van der Waals surface area contributed by atoms with Gasteiger partial charge in [-0.3, -0.25) is 4.79 Å². The number of nitrogens with one attached hydrogen (secondary N) is 1. The maximum Gasteiger partial charge on any atom is 0.229 e. The minimum absolute atomic E-state index is 0.0526. The molecule has 1 saturated heterocycles. The lowest BCUT2D eigenvalue weighted by Gasteiger charge is -2.31. The van der Waals surface area contributed by atoms with Crippen molar-refractivity contribution in [3.63, 3.8) is 0 Å². The zero-order valence-corrected chi connectivity index (χ0v) is 19.4. The van der Waals surface area contributed by atoms with Crippen molar-refractivity contribution >= 4 is 38.4 Å². The molecule has 1 atom stereocenters. The molecule has 2 aromatic heterocycles. The van der Waals surface area contributed by atoms with E-state index in [-0.39, 0.29) is 11.8 Å². The summed E-state index contributed by atoms with van der Waals surface area (Å²) in [5.41, 5.74) is 6.06. The zero-order chi connectivity index (χ0) is 22.2. The highest BCUT2D eigenvalue weighted by atomic mass is 32.1. The van der Waals surface area contributed by atoms with Gasteiger partial charge in [0.1, 0.15) is 0 Å². The van der Waals surface area contributed by atoms with Gasteiger partial charge in [0.15, 0.2) is 10.8 Å². The topological polar surface area (TPSA) is 63.1 Å². The van der Waals surface area contributed by atoms with E-state index in [1.54, 1.807) is 11.3 Å². The minimum Gasteiger partial charge on any atom is -0.347 e. The van der Waals surface area contributed by atoms with Crippen LogP contribution in [0.3, 0.4) is 0 Å². The summed E-state index contributed by atoms with van der Waals surface area (Å²) in [5, 5.41) is 8.80. The second-order valence-electron chi connectivity index (χ2n) is 8.57. The number of piperidine rings is 1. The quantitative estimate of drug-likeness (QED) is 0.465. The first-order valence-corrected chi connectivity index (χ1v) is 11.9. The molecule has 3 heterocycles. The van der Waals surface area contributed by atoms with E-state index in [9.17, 15) is 4.79 Å². The molecule has 0 saturated carbocycles. The highest BCUT2D eigenvalue weighted by Crippen LogP contribution is 2.34. The van der Waals surface area contributed by atoms with E-state index in [2.05, 4.69) is 23.2 Å². The molecule has 1 amide bonds. The van der Waals surface area contributed by atoms with Gasteiger partial charge >= 0.3 is 0 Å². The summed E-state index contributed by atoms with van der Waals surface area (Å²) in [6.45, 7) is 7.73. The van der Waals surface area contributed by atoms with E-state index in [1.807, 2.05) is 61.0 Å².